The highest BCUT2D eigenvalue weighted by atomic mass is 32.1. The normalized spacial score (nSPS) is 10.5. The molecule has 0 spiro atoms. The lowest BCUT2D eigenvalue weighted by atomic mass is 10.1. The van der Waals surface area contributed by atoms with Crippen LogP contribution in [0.3, 0.4) is 0 Å². The van der Waals surface area contributed by atoms with Crippen LogP contribution in [0.25, 0.3) is 0 Å². The molecule has 0 radical (unpaired) electrons. The lowest BCUT2D eigenvalue weighted by Crippen LogP contribution is -2.31. The maximum Gasteiger partial charge on any atom is 0.186 e. The molecule has 0 aliphatic heterocycles. The molecule has 0 fully saturated rings. The van der Waals surface area contributed by atoms with Gasteiger partial charge in [0.05, 0.1) is 12.8 Å². The first-order valence-electron chi connectivity index (χ1n) is 8.11. The van der Waals surface area contributed by atoms with Crippen LogP contribution in [0, 0.1) is 0 Å². The molecule has 0 amide bonds. The van der Waals surface area contributed by atoms with Crippen molar-refractivity contribution in [2.45, 2.75) is 19.8 Å². The van der Waals surface area contributed by atoms with Crippen LogP contribution in [0.2, 0.25) is 0 Å². The molecule has 0 aliphatic carbocycles. The van der Waals surface area contributed by atoms with Crippen molar-refractivity contribution in [1.82, 2.24) is 10.7 Å². The summed E-state index contributed by atoms with van der Waals surface area (Å²) in [5.41, 5.74) is 5.09. The van der Waals surface area contributed by atoms with Gasteiger partial charge in [0, 0.05) is 6.54 Å². The van der Waals surface area contributed by atoms with Crippen LogP contribution < -0.4 is 15.5 Å². The van der Waals surface area contributed by atoms with Crippen molar-refractivity contribution < 1.29 is 4.74 Å². The minimum atomic E-state index is 0.520. The van der Waals surface area contributed by atoms with Crippen molar-refractivity contribution >= 4 is 23.5 Å². The minimum Gasteiger partial charge on any atom is -0.494 e. The van der Waals surface area contributed by atoms with E-state index in [1.165, 1.54) is 5.56 Å². The Bertz CT molecular complexity index is 641. The third-order valence-electron chi connectivity index (χ3n) is 3.32. The summed E-state index contributed by atoms with van der Waals surface area (Å²) in [7, 11) is 0. The van der Waals surface area contributed by atoms with E-state index in [1.807, 2.05) is 37.3 Å². The van der Waals surface area contributed by atoms with E-state index in [4.69, 9.17) is 17.0 Å². The van der Waals surface area contributed by atoms with E-state index >= 15 is 0 Å². The van der Waals surface area contributed by atoms with Crippen LogP contribution in [0.15, 0.2) is 59.7 Å². The number of benzene rings is 2. The molecular formula is C19H23N3OS. The molecular weight excluding hydrogens is 318 g/mol. The third-order valence-corrected chi connectivity index (χ3v) is 3.55. The Hall–Kier alpha value is -2.40. The predicted octanol–water partition coefficient (Wildman–Crippen LogP) is 3.52. The SMILES string of the molecule is CCNC(=S)N/N=C/c1ccc(OCCCc2ccccc2)cc1. The lowest BCUT2D eigenvalue weighted by molar-refractivity contribution is 0.311. The smallest absolute Gasteiger partial charge is 0.186 e. The summed E-state index contributed by atoms with van der Waals surface area (Å²) >= 11 is 5.03. The summed E-state index contributed by atoms with van der Waals surface area (Å²) in [6.07, 6.45) is 3.75. The Labute approximate surface area is 148 Å². The fraction of sp³-hybridized carbons (Fsp3) is 0.263. The largest absolute Gasteiger partial charge is 0.494 e. The molecule has 5 heteroatoms. The number of thiocarbonyl (C=S) groups is 1. The highest BCUT2D eigenvalue weighted by molar-refractivity contribution is 7.80. The lowest BCUT2D eigenvalue weighted by Gasteiger charge is -2.06. The number of nitrogens with one attached hydrogen (secondary N) is 2. The Morgan fingerprint density at radius 1 is 1.12 bits per heavy atom. The molecule has 0 saturated carbocycles. The molecule has 4 nitrogen and oxygen atoms in total. The zero-order valence-corrected chi connectivity index (χ0v) is 14.7. The van der Waals surface area contributed by atoms with E-state index in [1.54, 1.807) is 6.21 Å². The van der Waals surface area contributed by atoms with E-state index < -0.39 is 0 Å². The molecule has 0 saturated heterocycles. The minimum absolute atomic E-state index is 0.520. The number of aryl methyl sites for hydroxylation is 1. The maximum atomic E-state index is 5.77. The molecule has 2 rings (SSSR count). The van der Waals surface area contributed by atoms with E-state index in [-0.39, 0.29) is 0 Å². The van der Waals surface area contributed by atoms with Gasteiger partial charge in [-0.1, -0.05) is 30.3 Å². The molecule has 0 aliphatic rings. The van der Waals surface area contributed by atoms with Gasteiger partial charge >= 0.3 is 0 Å². The molecule has 0 atom stereocenters. The van der Waals surface area contributed by atoms with Crippen LogP contribution in [-0.2, 0) is 6.42 Å². The number of hydrogen-bond acceptors (Lipinski definition) is 3. The molecule has 2 aromatic carbocycles. The molecule has 126 valence electrons. The zero-order chi connectivity index (χ0) is 17.0. The van der Waals surface area contributed by atoms with Crippen LogP contribution in [0.5, 0.6) is 5.75 Å². The van der Waals surface area contributed by atoms with Crippen molar-refractivity contribution in [3.63, 3.8) is 0 Å². The Morgan fingerprint density at radius 3 is 2.58 bits per heavy atom. The highest BCUT2D eigenvalue weighted by Crippen LogP contribution is 2.12. The average molecular weight is 341 g/mol. The van der Waals surface area contributed by atoms with Crippen molar-refractivity contribution in [3.05, 3.63) is 65.7 Å². The Kier molecular flexibility index (Phi) is 7.77. The molecule has 0 heterocycles. The van der Waals surface area contributed by atoms with Crippen molar-refractivity contribution in [2.24, 2.45) is 5.10 Å². The molecule has 0 unspecified atom stereocenters. The monoisotopic (exact) mass is 341 g/mol. The first-order chi connectivity index (χ1) is 11.8. The second-order valence-corrected chi connectivity index (χ2v) is 5.64. The van der Waals surface area contributed by atoms with Gasteiger partial charge in [-0.2, -0.15) is 5.10 Å². The summed E-state index contributed by atoms with van der Waals surface area (Å²) in [5.74, 6) is 0.872. The molecule has 24 heavy (non-hydrogen) atoms. The number of ether oxygens (including phenoxy) is 1. The van der Waals surface area contributed by atoms with Gasteiger partial charge in [-0.05, 0) is 67.4 Å². The van der Waals surface area contributed by atoms with Crippen molar-refractivity contribution in [3.8, 4) is 5.75 Å². The first-order valence-corrected chi connectivity index (χ1v) is 8.52. The maximum absolute atomic E-state index is 5.77. The van der Waals surface area contributed by atoms with Crippen LogP contribution in [0.1, 0.15) is 24.5 Å². The van der Waals surface area contributed by atoms with E-state index in [9.17, 15) is 0 Å². The summed E-state index contributed by atoms with van der Waals surface area (Å²) in [5, 5.41) is 7.57. The van der Waals surface area contributed by atoms with Crippen LogP contribution >= 0.6 is 12.2 Å². The number of hydrazone groups is 1. The van der Waals surface area contributed by atoms with Gasteiger partial charge in [-0.25, -0.2) is 0 Å². The highest BCUT2D eigenvalue weighted by Gasteiger charge is 1.96. The Balaban J connectivity index is 1.70. The summed E-state index contributed by atoms with van der Waals surface area (Å²) in [6, 6.07) is 18.3. The van der Waals surface area contributed by atoms with Crippen LogP contribution in [0.4, 0.5) is 0 Å². The fourth-order valence-electron chi connectivity index (χ4n) is 2.13. The molecule has 0 bridgehead atoms. The number of rotatable bonds is 8. The first kappa shape index (κ1) is 17.9. The number of hydrogen-bond donors (Lipinski definition) is 2. The summed E-state index contributed by atoms with van der Waals surface area (Å²) in [4.78, 5) is 0. The quantitative estimate of drug-likeness (QED) is 0.334. The van der Waals surface area contributed by atoms with Gasteiger partial charge in [0.15, 0.2) is 5.11 Å². The van der Waals surface area contributed by atoms with Gasteiger partial charge in [0.2, 0.25) is 0 Å². The molecule has 2 N–H and O–H groups in total. The topological polar surface area (TPSA) is 45.7 Å². The summed E-state index contributed by atoms with van der Waals surface area (Å²) < 4.78 is 5.77. The van der Waals surface area contributed by atoms with E-state index in [0.717, 1.165) is 30.7 Å². The molecule has 0 aromatic heterocycles. The van der Waals surface area contributed by atoms with E-state index in [2.05, 4.69) is 40.1 Å². The van der Waals surface area contributed by atoms with Crippen molar-refractivity contribution in [1.29, 1.82) is 0 Å². The number of nitrogens with zero attached hydrogens (tertiary/aromatic N) is 1. The second kappa shape index (κ2) is 10.4. The van der Waals surface area contributed by atoms with Gasteiger partial charge in [-0.3, -0.25) is 5.43 Å². The summed E-state index contributed by atoms with van der Waals surface area (Å²) in [6.45, 7) is 3.47. The van der Waals surface area contributed by atoms with Gasteiger partial charge < -0.3 is 10.1 Å². The Morgan fingerprint density at radius 2 is 1.88 bits per heavy atom. The fourth-order valence-corrected chi connectivity index (χ4v) is 2.32. The zero-order valence-electron chi connectivity index (χ0n) is 13.9. The second-order valence-electron chi connectivity index (χ2n) is 5.24. The standard InChI is InChI=1S/C19H23N3OS/c1-2-20-19(24)22-21-15-17-10-12-18(13-11-17)23-14-6-9-16-7-4-3-5-8-16/h3-5,7-8,10-13,15H,2,6,9,14H2,1H3,(H2,20,22,24)/b21-15+. The van der Waals surface area contributed by atoms with Crippen LogP contribution in [-0.4, -0.2) is 24.5 Å². The predicted molar refractivity (Wildman–Crippen MR) is 104 cm³/mol. The molecule has 2 aromatic rings. The van der Waals surface area contributed by atoms with Gasteiger partial charge in [-0.15, -0.1) is 0 Å². The van der Waals surface area contributed by atoms with E-state index in [0.29, 0.717) is 11.7 Å². The third kappa shape index (κ3) is 6.79. The van der Waals surface area contributed by atoms with Gasteiger partial charge in [0.25, 0.3) is 0 Å². The average Bonchev–Trinajstić information content (AvgIpc) is 2.61. The van der Waals surface area contributed by atoms with Gasteiger partial charge in [0.1, 0.15) is 5.75 Å². The van der Waals surface area contributed by atoms with Crippen molar-refractivity contribution in [2.75, 3.05) is 13.2 Å².